The topological polar surface area (TPSA) is 42.7 Å². The molecule has 3 fully saturated rings. The van der Waals surface area contributed by atoms with Gasteiger partial charge in [-0.15, -0.1) is 0 Å². The summed E-state index contributed by atoms with van der Waals surface area (Å²) in [4.78, 5) is 14.8. The molecule has 4 heteroatoms. The molecular weight excluding hydrogens is 290 g/mol. The van der Waals surface area contributed by atoms with Gasteiger partial charge in [-0.25, -0.2) is 0 Å². The van der Waals surface area contributed by atoms with Crippen LogP contribution in [0.4, 0.5) is 0 Å². The number of aryl methyl sites for hydroxylation is 1. The monoisotopic (exact) mass is 317 g/mol. The molecule has 23 heavy (non-hydrogen) atoms. The summed E-state index contributed by atoms with van der Waals surface area (Å²) in [6, 6.07) is 4.64. The molecule has 4 nitrogen and oxygen atoms in total. The normalized spacial score (nSPS) is 29.7. The molecule has 2 aliphatic carbocycles. The Labute approximate surface area is 138 Å². The third kappa shape index (κ3) is 3.63. The Hall–Kier alpha value is -1.29. The van der Waals surface area contributed by atoms with Gasteiger partial charge in [0, 0.05) is 43.9 Å². The summed E-state index contributed by atoms with van der Waals surface area (Å²) < 4.78 is 11.4. The number of furan rings is 1. The molecule has 3 atom stereocenters. The second-order valence-electron chi connectivity index (χ2n) is 7.63. The number of nitrogens with zero attached hydrogens (tertiary/aromatic N) is 1. The highest BCUT2D eigenvalue weighted by molar-refractivity contribution is 5.77. The maximum absolute atomic E-state index is 12.6. The number of hydrogen-bond acceptors (Lipinski definition) is 3. The van der Waals surface area contributed by atoms with E-state index in [9.17, 15) is 4.79 Å². The van der Waals surface area contributed by atoms with E-state index in [0.29, 0.717) is 24.3 Å². The van der Waals surface area contributed by atoms with Crippen LogP contribution in [-0.2, 0) is 16.0 Å². The van der Waals surface area contributed by atoms with Gasteiger partial charge >= 0.3 is 0 Å². The molecule has 2 heterocycles. The Morgan fingerprint density at radius 1 is 1.30 bits per heavy atom. The second-order valence-corrected chi connectivity index (χ2v) is 7.63. The Kier molecular flexibility index (Phi) is 4.18. The van der Waals surface area contributed by atoms with Crippen molar-refractivity contribution in [3.63, 3.8) is 0 Å². The summed E-state index contributed by atoms with van der Waals surface area (Å²) in [6.07, 6.45) is 5.97. The van der Waals surface area contributed by atoms with Crippen molar-refractivity contribution in [2.45, 2.75) is 57.4 Å². The van der Waals surface area contributed by atoms with Crippen molar-refractivity contribution in [1.82, 2.24) is 4.90 Å². The Bertz CT molecular complexity index is 557. The summed E-state index contributed by atoms with van der Waals surface area (Å²) in [5.41, 5.74) is 0. The van der Waals surface area contributed by atoms with Gasteiger partial charge in [0.1, 0.15) is 11.5 Å². The molecule has 0 bridgehead atoms. The molecule has 2 saturated carbocycles. The summed E-state index contributed by atoms with van der Waals surface area (Å²) >= 11 is 0. The maximum atomic E-state index is 12.6. The molecule has 1 aromatic heterocycles. The van der Waals surface area contributed by atoms with Gasteiger partial charge < -0.3 is 14.1 Å². The van der Waals surface area contributed by atoms with Crippen LogP contribution in [0.2, 0.25) is 0 Å². The van der Waals surface area contributed by atoms with Crippen molar-refractivity contribution in [2.24, 2.45) is 11.8 Å². The molecule has 126 valence electrons. The van der Waals surface area contributed by atoms with Crippen LogP contribution in [0.1, 0.15) is 56.5 Å². The third-order valence-electron chi connectivity index (χ3n) is 5.53. The van der Waals surface area contributed by atoms with E-state index in [1.54, 1.807) is 0 Å². The zero-order valence-electron chi connectivity index (χ0n) is 14.0. The fourth-order valence-corrected chi connectivity index (χ4v) is 3.67. The van der Waals surface area contributed by atoms with Crippen LogP contribution < -0.4 is 0 Å². The Balaban J connectivity index is 1.29. The quantitative estimate of drug-likeness (QED) is 0.774. The van der Waals surface area contributed by atoms with Crippen molar-refractivity contribution < 1.29 is 13.9 Å². The fraction of sp³-hybridized carbons (Fsp3) is 0.737. The van der Waals surface area contributed by atoms with E-state index in [1.807, 2.05) is 0 Å². The lowest BCUT2D eigenvalue weighted by molar-refractivity contribution is -0.132. The minimum absolute atomic E-state index is 0.289. The van der Waals surface area contributed by atoms with Gasteiger partial charge in [-0.2, -0.15) is 0 Å². The number of ether oxygens (including phenoxy) is 1. The molecule has 1 saturated heterocycles. The molecule has 4 rings (SSSR count). The van der Waals surface area contributed by atoms with Gasteiger partial charge in [-0.05, 0) is 43.7 Å². The predicted octanol–water partition coefficient (Wildman–Crippen LogP) is 3.36. The van der Waals surface area contributed by atoms with Crippen LogP contribution in [0, 0.1) is 11.8 Å². The van der Waals surface area contributed by atoms with E-state index in [2.05, 4.69) is 24.0 Å². The first-order chi connectivity index (χ1) is 11.2. The fourth-order valence-electron chi connectivity index (χ4n) is 3.67. The molecule has 1 aliphatic heterocycles. The summed E-state index contributed by atoms with van der Waals surface area (Å²) in [7, 11) is 0. The summed E-state index contributed by atoms with van der Waals surface area (Å²) in [5, 5.41) is 0. The van der Waals surface area contributed by atoms with Gasteiger partial charge in [-0.3, -0.25) is 4.79 Å². The number of amides is 1. The van der Waals surface area contributed by atoms with Gasteiger partial charge in [0.05, 0.1) is 6.61 Å². The lowest BCUT2D eigenvalue weighted by Crippen LogP contribution is -2.37. The second kappa shape index (κ2) is 6.31. The first-order valence-corrected chi connectivity index (χ1v) is 9.16. The van der Waals surface area contributed by atoms with E-state index >= 15 is 0 Å². The number of carbonyl (C=O) groups excluding carboxylic acids is 1. The van der Waals surface area contributed by atoms with E-state index < -0.39 is 0 Å². The molecule has 0 N–H and O–H groups in total. The van der Waals surface area contributed by atoms with Crippen molar-refractivity contribution in [1.29, 1.82) is 0 Å². The van der Waals surface area contributed by atoms with Crippen LogP contribution in [-0.4, -0.2) is 36.6 Å². The predicted molar refractivity (Wildman–Crippen MR) is 87.2 cm³/mol. The first kappa shape index (κ1) is 15.3. The van der Waals surface area contributed by atoms with E-state index in [1.165, 1.54) is 19.3 Å². The van der Waals surface area contributed by atoms with Crippen LogP contribution in [0.3, 0.4) is 0 Å². The number of hydrogen-bond donors (Lipinski definition) is 0. The van der Waals surface area contributed by atoms with Gasteiger partial charge in [0.25, 0.3) is 0 Å². The lowest BCUT2D eigenvalue weighted by Gasteiger charge is -2.25. The Morgan fingerprint density at radius 3 is 2.78 bits per heavy atom. The highest BCUT2D eigenvalue weighted by Gasteiger charge is 2.37. The molecule has 0 radical (unpaired) electrons. The van der Waals surface area contributed by atoms with Gasteiger partial charge in [0.15, 0.2) is 0 Å². The third-order valence-corrected chi connectivity index (χ3v) is 5.53. The number of carbonyl (C=O) groups is 1. The van der Waals surface area contributed by atoms with E-state index in [4.69, 9.17) is 9.15 Å². The molecule has 0 spiro atoms. The highest BCUT2D eigenvalue weighted by Crippen LogP contribution is 2.47. The van der Waals surface area contributed by atoms with Crippen LogP contribution in [0.15, 0.2) is 16.5 Å². The van der Waals surface area contributed by atoms with Crippen LogP contribution in [0.25, 0.3) is 0 Å². The zero-order chi connectivity index (χ0) is 15.8. The van der Waals surface area contributed by atoms with Crippen molar-refractivity contribution >= 4 is 5.91 Å². The Morgan fingerprint density at radius 2 is 2.13 bits per heavy atom. The summed E-state index contributed by atoms with van der Waals surface area (Å²) in [6.45, 7) is 4.81. The molecule has 1 aromatic rings. The highest BCUT2D eigenvalue weighted by atomic mass is 16.5. The van der Waals surface area contributed by atoms with Crippen molar-refractivity contribution in [3.05, 3.63) is 23.7 Å². The lowest BCUT2D eigenvalue weighted by atomic mass is 10.1. The molecular formula is C19H27NO3. The van der Waals surface area contributed by atoms with Crippen LogP contribution >= 0.6 is 0 Å². The average molecular weight is 317 g/mol. The molecule has 0 aromatic carbocycles. The smallest absolute Gasteiger partial charge is 0.223 e. The van der Waals surface area contributed by atoms with Crippen molar-refractivity contribution in [3.8, 4) is 0 Å². The first-order valence-electron chi connectivity index (χ1n) is 9.16. The zero-order valence-corrected chi connectivity index (χ0v) is 14.0. The molecule has 3 aliphatic rings. The average Bonchev–Trinajstić information content (AvgIpc) is 3.40. The standard InChI is InChI=1S/C19H27NO3/c1-13-10-17(13)18-6-4-16(23-18)5-7-19(21)20(15-2-3-15)11-14-8-9-22-12-14/h4,6,13-15,17H,2-3,5,7-12H2,1H3/t13-,14+,17+/m1/s1. The van der Waals surface area contributed by atoms with Gasteiger partial charge in [0.2, 0.25) is 5.91 Å². The minimum Gasteiger partial charge on any atom is -0.466 e. The SMILES string of the molecule is C[C@@H]1C[C@@H]1c1ccc(CCC(=O)N(C[C@@H]2CCOC2)C2CC2)o1. The van der Waals surface area contributed by atoms with E-state index in [0.717, 1.165) is 50.0 Å². The largest absolute Gasteiger partial charge is 0.466 e. The van der Waals surface area contributed by atoms with Crippen molar-refractivity contribution in [2.75, 3.05) is 19.8 Å². The molecule has 0 unspecified atom stereocenters. The molecule has 1 amide bonds. The van der Waals surface area contributed by atoms with Gasteiger partial charge in [-0.1, -0.05) is 6.92 Å². The number of rotatable bonds is 7. The summed E-state index contributed by atoms with van der Waals surface area (Å²) in [5.74, 6) is 4.28. The van der Waals surface area contributed by atoms with E-state index in [-0.39, 0.29) is 5.91 Å². The van der Waals surface area contributed by atoms with Crippen LogP contribution in [0.5, 0.6) is 0 Å². The maximum Gasteiger partial charge on any atom is 0.223 e. The minimum atomic E-state index is 0.289.